The van der Waals surface area contributed by atoms with Gasteiger partial charge in [0.2, 0.25) is 0 Å². The zero-order valence-corrected chi connectivity index (χ0v) is 13.8. The van der Waals surface area contributed by atoms with Crippen molar-refractivity contribution >= 4 is 11.3 Å². The first-order valence-corrected chi connectivity index (χ1v) is 9.08. The molecule has 0 saturated heterocycles. The van der Waals surface area contributed by atoms with Gasteiger partial charge >= 0.3 is 0 Å². The van der Waals surface area contributed by atoms with Gasteiger partial charge in [0.25, 0.3) is 0 Å². The molecule has 116 valence electrons. The highest BCUT2D eigenvalue weighted by atomic mass is 32.1. The number of hydrogen-bond acceptors (Lipinski definition) is 4. The van der Waals surface area contributed by atoms with E-state index in [1.54, 1.807) is 0 Å². The fraction of sp³-hybridized carbons (Fsp3) is 0.500. The normalized spacial score (nSPS) is 21.0. The summed E-state index contributed by atoms with van der Waals surface area (Å²) in [6, 6.07) is 6.91. The molecular formula is C18H22N2OS. The highest BCUT2D eigenvalue weighted by Gasteiger charge is 2.26. The van der Waals surface area contributed by atoms with Crippen molar-refractivity contribution in [3.8, 4) is 5.75 Å². The van der Waals surface area contributed by atoms with Crippen LogP contribution >= 0.6 is 11.3 Å². The molecule has 0 bridgehead atoms. The summed E-state index contributed by atoms with van der Waals surface area (Å²) in [7, 11) is 0. The molecule has 0 unspecified atom stereocenters. The molecule has 0 radical (unpaired) electrons. The summed E-state index contributed by atoms with van der Waals surface area (Å²) in [6.45, 7) is 3.78. The van der Waals surface area contributed by atoms with E-state index in [4.69, 9.17) is 9.72 Å². The number of aryl methyl sites for hydroxylation is 1. The monoisotopic (exact) mass is 314 g/mol. The minimum Gasteiger partial charge on any atom is -0.493 e. The average molecular weight is 314 g/mol. The number of aromatic nitrogens is 1. The predicted octanol–water partition coefficient (Wildman–Crippen LogP) is 4.33. The molecule has 0 spiro atoms. The maximum absolute atomic E-state index is 5.90. The number of rotatable bonds is 4. The standard InChI is InChI=1S/C18H22N2OS/c1-12-4-7-15-16(3-2-8-21-17(15)9-12)19-10-14-11-22-18(20-14)13-5-6-13/h4,7,9,11,13,16,19H,2-3,5-6,8,10H2,1H3/t16-/m1/s1. The summed E-state index contributed by atoms with van der Waals surface area (Å²) in [4.78, 5) is 4.77. The van der Waals surface area contributed by atoms with Gasteiger partial charge in [-0.3, -0.25) is 0 Å². The second-order valence-electron chi connectivity index (χ2n) is 6.42. The highest BCUT2D eigenvalue weighted by Crippen LogP contribution is 2.41. The van der Waals surface area contributed by atoms with Crippen molar-refractivity contribution in [2.24, 2.45) is 0 Å². The third kappa shape index (κ3) is 3.03. The van der Waals surface area contributed by atoms with Crippen LogP contribution in [0.5, 0.6) is 5.75 Å². The van der Waals surface area contributed by atoms with Crippen molar-refractivity contribution in [2.45, 2.75) is 51.1 Å². The third-order valence-corrected chi connectivity index (χ3v) is 5.52. The van der Waals surface area contributed by atoms with Crippen LogP contribution in [0.15, 0.2) is 23.6 Å². The van der Waals surface area contributed by atoms with Gasteiger partial charge in [0.1, 0.15) is 5.75 Å². The van der Waals surface area contributed by atoms with Crippen molar-refractivity contribution in [2.75, 3.05) is 6.61 Å². The van der Waals surface area contributed by atoms with Crippen LogP contribution in [-0.4, -0.2) is 11.6 Å². The topological polar surface area (TPSA) is 34.1 Å². The number of hydrogen-bond donors (Lipinski definition) is 1. The Morgan fingerprint density at radius 2 is 2.23 bits per heavy atom. The van der Waals surface area contributed by atoms with E-state index in [-0.39, 0.29) is 0 Å². The van der Waals surface area contributed by atoms with Gasteiger partial charge in [-0.1, -0.05) is 12.1 Å². The lowest BCUT2D eigenvalue weighted by atomic mass is 10.0. The molecule has 1 aliphatic carbocycles. The van der Waals surface area contributed by atoms with E-state index in [0.29, 0.717) is 6.04 Å². The van der Waals surface area contributed by atoms with Gasteiger partial charge in [-0.05, 0) is 44.2 Å². The fourth-order valence-electron chi connectivity index (χ4n) is 3.04. The Hall–Kier alpha value is -1.39. The van der Waals surface area contributed by atoms with Crippen LogP contribution in [0.3, 0.4) is 0 Å². The van der Waals surface area contributed by atoms with E-state index < -0.39 is 0 Å². The van der Waals surface area contributed by atoms with E-state index >= 15 is 0 Å². The van der Waals surface area contributed by atoms with Crippen molar-refractivity contribution in [1.29, 1.82) is 0 Å². The first-order valence-electron chi connectivity index (χ1n) is 8.20. The van der Waals surface area contributed by atoms with Gasteiger partial charge < -0.3 is 10.1 Å². The summed E-state index contributed by atoms with van der Waals surface area (Å²) < 4.78 is 5.90. The maximum Gasteiger partial charge on any atom is 0.124 e. The number of nitrogens with one attached hydrogen (secondary N) is 1. The van der Waals surface area contributed by atoms with Crippen LogP contribution in [0.1, 0.15) is 59.5 Å². The highest BCUT2D eigenvalue weighted by molar-refractivity contribution is 7.09. The lowest BCUT2D eigenvalue weighted by Gasteiger charge is -2.18. The summed E-state index contributed by atoms with van der Waals surface area (Å²) in [6.07, 6.45) is 4.87. The Kier molecular flexibility index (Phi) is 3.89. The molecule has 1 atom stereocenters. The summed E-state index contributed by atoms with van der Waals surface area (Å²) in [5.74, 6) is 1.81. The number of ether oxygens (including phenoxy) is 1. The molecule has 4 rings (SSSR count). The van der Waals surface area contributed by atoms with Gasteiger partial charge in [0.05, 0.1) is 17.3 Å². The van der Waals surface area contributed by atoms with Crippen LogP contribution in [0.4, 0.5) is 0 Å². The maximum atomic E-state index is 5.90. The molecule has 1 aromatic heterocycles. The first kappa shape index (κ1) is 14.2. The van der Waals surface area contributed by atoms with Gasteiger partial charge in [-0.2, -0.15) is 0 Å². The number of fused-ring (bicyclic) bond motifs is 1. The molecule has 22 heavy (non-hydrogen) atoms. The SMILES string of the molecule is Cc1ccc2c(c1)OCCC[C@H]2NCc1csc(C2CC2)n1. The minimum atomic E-state index is 0.365. The Morgan fingerprint density at radius 3 is 3.09 bits per heavy atom. The molecule has 1 saturated carbocycles. The molecule has 1 N–H and O–H groups in total. The second kappa shape index (κ2) is 6.01. The smallest absolute Gasteiger partial charge is 0.124 e. The zero-order chi connectivity index (χ0) is 14.9. The lowest BCUT2D eigenvalue weighted by molar-refractivity contribution is 0.315. The van der Waals surface area contributed by atoms with E-state index in [2.05, 4.69) is 35.8 Å². The van der Waals surface area contributed by atoms with Gasteiger partial charge in [0, 0.05) is 29.4 Å². The van der Waals surface area contributed by atoms with Crippen molar-refractivity contribution < 1.29 is 4.74 Å². The van der Waals surface area contributed by atoms with Crippen LogP contribution in [0.25, 0.3) is 0 Å². The molecule has 2 heterocycles. The third-order valence-electron chi connectivity index (χ3n) is 4.46. The largest absolute Gasteiger partial charge is 0.493 e. The molecule has 1 fully saturated rings. The van der Waals surface area contributed by atoms with E-state index in [0.717, 1.165) is 37.7 Å². The van der Waals surface area contributed by atoms with Crippen molar-refractivity contribution in [3.63, 3.8) is 0 Å². The van der Waals surface area contributed by atoms with E-state index in [1.165, 1.54) is 34.7 Å². The molecular weight excluding hydrogens is 292 g/mol. The predicted molar refractivity (Wildman–Crippen MR) is 89.6 cm³/mol. The number of thiazole rings is 1. The molecule has 1 aromatic carbocycles. The van der Waals surface area contributed by atoms with Crippen LogP contribution < -0.4 is 10.1 Å². The van der Waals surface area contributed by atoms with Crippen molar-refractivity contribution in [3.05, 3.63) is 45.4 Å². The lowest BCUT2D eigenvalue weighted by Crippen LogP contribution is -2.20. The average Bonchev–Trinajstić information content (AvgIpc) is 3.29. The number of benzene rings is 1. The summed E-state index contributed by atoms with van der Waals surface area (Å²) in [5, 5.41) is 7.23. The van der Waals surface area contributed by atoms with Crippen LogP contribution in [0.2, 0.25) is 0 Å². The molecule has 2 aliphatic rings. The Morgan fingerprint density at radius 1 is 1.32 bits per heavy atom. The first-order chi connectivity index (χ1) is 10.8. The van der Waals surface area contributed by atoms with Crippen LogP contribution in [0, 0.1) is 6.92 Å². The molecule has 0 amide bonds. The Balaban J connectivity index is 1.47. The van der Waals surface area contributed by atoms with Gasteiger partial charge in [-0.25, -0.2) is 4.98 Å². The minimum absolute atomic E-state index is 0.365. The summed E-state index contributed by atoms with van der Waals surface area (Å²) in [5.41, 5.74) is 3.74. The van der Waals surface area contributed by atoms with Gasteiger partial charge in [-0.15, -0.1) is 11.3 Å². The Bertz CT molecular complexity index is 663. The molecule has 1 aliphatic heterocycles. The summed E-state index contributed by atoms with van der Waals surface area (Å²) >= 11 is 1.82. The van der Waals surface area contributed by atoms with Crippen molar-refractivity contribution in [1.82, 2.24) is 10.3 Å². The Labute approximate surface area is 135 Å². The van der Waals surface area contributed by atoms with E-state index in [9.17, 15) is 0 Å². The zero-order valence-electron chi connectivity index (χ0n) is 13.0. The van der Waals surface area contributed by atoms with Crippen LogP contribution in [-0.2, 0) is 6.54 Å². The number of nitrogens with zero attached hydrogens (tertiary/aromatic N) is 1. The van der Waals surface area contributed by atoms with Gasteiger partial charge in [0.15, 0.2) is 0 Å². The molecule has 2 aromatic rings. The molecule has 4 heteroatoms. The fourth-order valence-corrected chi connectivity index (χ4v) is 4.03. The van der Waals surface area contributed by atoms with E-state index in [1.807, 2.05) is 11.3 Å². The molecule has 3 nitrogen and oxygen atoms in total. The quantitative estimate of drug-likeness (QED) is 0.912. The second-order valence-corrected chi connectivity index (χ2v) is 7.31.